The Morgan fingerprint density at radius 1 is 1.11 bits per heavy atom. The maximum Gasteiger partial charge on any atom is 0.254 e. The van der Waals surface area contributed by atoms with Gasteiger partial charge in [-0.3, -0.25) is 4.79 Å². The second kappa shape index (κ2) is 11.2. The van der Waals surface area contributed by atoms with Crippen molar-refractivity contribution in [2.24, 2.45) is 0 Å². The van der Waals surface area contributed by atoms with Crippen molar-refractivity contribution < 1.29 is 24.1 Å². The first-order valence-electron chi connectivity index (χ1n) is 11.7. The van der Waals surface area contributed by atoms with Crippen LogP contribution in [-0.4, -0.2) is 27.7 Å². The summed E-state index contributed by atoms with van der Waals surface area (Å²) in [5.74, 6) is 1.86. The molecule has 1 aliphatic heterocycles. The van der Waals surface area contributed by atoms with Gasteiger partial charge in [-0.05, 0) is 54.4 Å². The summed E-state index contributed by atoms with van der Waals surface area (Å²) in [6.45, 7) is 2.87. The van der Waals surface area contributed by atoms with E-state index in [0.29, 0.717) is 40.1 Å². The largest absolute Gasteiger partial charge is 0.486 e. The summed E-state index contributed by atoms with van der Waals surface area (Å²) in [6.07, 6.45) is 0. The summed E-state index contributed by atoms with van der Waals surface area (Å²) >= 11 is 7.78. The van der Waals surface area contributed by atoms with Crippen molar-refractivity contribution in [1.29, 1.82) is 0 Å². The normalized spacial score (nSPS) is 12.0. The van der Waals surface area contributed by atoms with Gasteiger partial charge in [-0.1, -0.05) is 35.9 Å². The maximum atomic E-state index is 13.8. The maximum absolute atomic E-state index is 13.8. The molecule has 1 aromatic heterocycles. The van der Waals surface area contributed by atoms with E-state index in [1.165, 1.54) is 11.3 Å². The smallest absolute Gasteiger partial charge is 0.254 e. The van der Waals surface area contributed by atoms with Gasteiger partial charge >= 0.3 is 0 Å². The Hall–Kier alpha value is -3.59. The molecule has 37 heavy (non-hydrogen) atoms. The van der Waals surface area contributed by atoms with Crippen LogP contribution in [0.15, 0.2) is 66.0 Å². The number of aromatic nitrogens is 1. The Labute approximate surface area is 223 Å². The van der Waals surface area contributed by atoms with Crippen LogP contribution < -0.4 is 14.2 Å². The molecule has 9 heteroatoms. The van der Waals surface area contributed by atoms with Crippen LogP contribution in [0.5, 0.6) is 17.2 Å². The number of aliphatic hydroxyl groups is 1. The van der Waals surface area contributed by atoms with E-state index < -0.39 is 0 Å². The van der Waals surface area contributed by atoms with E-state index in [-0.39, 0.29) is 32.5 Å². The minimum atomic E-state index is -0.113. The summed E-state index contributed by atoms with van der Waals surface area (Å²) in [7, 11) is 0. The molecule has 0 unspecified atom stereocenters. The van der Waals surface area contributed by atoms with Gasteiger partial charge in [-0.15, -0.1) is 11.3 Å². The molecule has 0 saturated heterocycles. The lowest BCUT2D eigenvalue weighted by atomic mass is 10.1. The monoisotopic (exact) mass is 536 g/mol. The number of halogens is 1. The number of amides is 1. The first-order chi connectivity index (χ1) is 18.0. The van der Waals surface area contributed by atoms with Crippen molar-refractivity contribution >= 4 is 28.8 Å². The Bertz CT molecular complexity index is 1420. The zero-order valence-electron chi connectivity index (χ0n) is 20.1. The van der Waals surface area contributed by atoms with E-state index >= 15 is 0 Å². The number of nitrogens with zero attached hydrogens (tertiary/aromatic N) is 2. The van der Waals surface area contributed by atoms with Gasteiger partial charge in [0.1, 0.15) is 17.4 Å². The van der Waals surface area contributed by atoms with Gasteiger partial charge < -0.3 is 24.2 Å². The van der Waals surface area contributed by atoms with E-state index in [9.17, 15) is 9.90 Å². The molecule has 1 N–H and O–H groups in total. The van der Waals surface area contributed by atoms with Crippen molar-refractivity contribution in [3.05, 3.63) is 104 Å². The quantitative estimate of drug-likeness (QED) is 0.293. The molecule has 0 spiro atoms. The minimum Gasteiger partial charge on any atom is -0.486 e. The zero-order chi connectivity index (χ0) is 25.8. The topological polar surface area (TPSA) is 81.1 Å². The number of carbonyl (C=O) groups excluding carboxylic acids is 1. The summed E-state index contributed by atoms with van der Waals surface area (Å²) in [5, 5.41) is 12.4. The van der Waals surface area contributed by atoms with Crippen LogP contribution in [0.3, 0.4) is 0 Å². The Morgan fingerprint density at radius 3 is 2.76 bits per heavy atom. The van der Waals surface area contributed by atoms with Crippen molar-refractivity contribution in [2.75, 3.05) is 6.79 Å². The number of hydrogen-bond acceptors (Lipinski definition) is 7. The highest BCUT2D eigenvalue weighted by atomic mass is 35.5. The average Bonchev–Trinajstić information content (AvgIpc) is 3.57. The Morgan fingerprint density at radius 2 is 1.95 bits per heavy atom. The molecule has 0 fully saturated rings. The number of fused-ring (bicyclic) bond motifs is 1. The highest BCUT2D eigenvalue weighted by Gasteiger charge is 2.22. The number of benzene rings is 3. The number of aliphatic hydroxyl groups excluding tert-OH is 1. The summed E-state index contributed by atoms with van der Waals surface area (Å²) in [4.78, 5) is 19.9. The highest BCUT2D eigenvalue weighted by Crippen LogP contribution is 2.34. The summed E-state index contributed by atoms with van der Waals surface area (Å²) in [6, 6.07) is 18.6. The second-order valence-corrected chi connectivity index (χ2v) is 9.97. The van der Waals surface area contributed by atoms with Gasteiger partial charge in [0.2, 0.25) is 6.79 Å². The molecule has 7 nitrogen and oxygen atoms in total. The fourth-order valence-corrected chi connectivity index (χ4v) is 4.98. The van der Waals surface area contributed by atoms with Crippen molar-refractivity contribution in [1.82, 2.24) is 9.88 Å². The molecule has 0 aliphatic carbocycles. The number of carbonyl (C=O) groups is 1. The lowest BCUT2D eigenvalue weighted by Crippen LogP contribution is -2.31. The molecule has 4 aromatic rings. The van der Waals surface area contributed by atoms with E-state index in [2.05, 4.69) is 4.98 Å². The van der Waals surface area contributed by atoms with Crippen LogP contribution in [-0.2, 0) is 26.3 Å². The zero-order valence-corrected chi connectivity index (χ0v) is 21.7. The van der Waals surface area contributed by atoms with Gasteiger partial charge in [0.15, 0.2) is 11.5 Å². The fourth-order valence-electron chi connectivity index (χ4n) is 4.09. The van der Waals surface area contributed by atoms with Crippen LogP contribution in [0.1, 0.15) is 37.7 Å². The predicted molar refractivity (Wildman–Crippen MR) is 141 cm³/mol. The van der Waals surface area contributed by atoms with Crippen LogP contribution in [0.25, 0.3) is 0 Å². The Kier molecular flexibility index (Phi) is 7.60. The summed E-state index contributed by atoms with van der Waals surface area (Å²) in [5.41, 5.74) is 3.82. The standard InChI is InChI=1S/C28H25ClN2O5S/c1-18-4-2-3-5-23(18)28(33)31(12-19-6-8-25-26(10-19)36-17-35-25)13-20-11-21(29)7-9-24(20)34-15-27-30-22(14-32)16-37-27/h2-11,16,32H,12-15,17H2,1H3. The molecule has 190 valence electrons. The van der Waals surface area contributed by atoms with E-state index in [0.717, 1.165) is 21.7 Å². The third kappa shape index (κ3) is 5.88. The van der Waals surface area contributed by atoms with Gasteiger partial charge in [-0.25, -0.2) is 4.98 Å². The second-order valence-electron chi connectivity index (χ2n) is 8.60. The molecule has 0 bridgehead atoms. The molecular weight excluding hydrogens is 512 g/mol. The number of hydrogen-bond donors (Lipinski definition) is 1. The first-order valence-corrected chi connectivity index (χ1v) is 12.9. The SMILES string of the molecule is Cc1ccccc1C(=O)N(Cc1ccc2c(c1)OCO2)Cc1cc(Cl)ccc1OCc1nc(CO)cs1. The highest BCUT2D eigenvalue weighted by molar-refractivity contribution is 7.09. The van der Waals surface area contributed by atoms with Crippen molar-refractivity contribution in [3.63, 3.8) is 0 Å². The molecule has 0 radical (unpaired) electrons. The predicted octanol–water partition coefficient (Wildman–Crippen LogP) is 5.75. The summed E-state index contributed by atoms with van der Waals surface area (Å²) < 4.78 is 17.1. The van der Waals surface area contributed by atoms with E-state index in [1.807, 2.05) is 55.5 Å². The molecular formula is C28H25ClN2O5S. The number of rotatable bonds is 9. The van der Waals surface area contributed by atoms with Gasteiger partial charge in [0.25, 0.3) is 5.91 Å². The van der Waals surface area contributed by atoms with Gasteiger partial charge in [0, 0.05) is 28.1 Å². The lowest BCUT2D eigenvalue weighted by molar-refractivity contribution is 0.0727. The molecule has 0 atom stereocenters. The third-order valence-corrected chi connectivity index (χ3v) is 7.08. The number of thiazole rings is 1. The fraction of sp³-hybridized carbons (Fsp3) is 0.214. The number of aryl methyl sites for hydroxylation is 1. The van der Waals surface area contributed by atoms with Crippen molar-refractivity contribution in [2.45, 2.75) is 33.2 Å². The van der Waals surface area contributed by atoms with Crippen LogP contribution in [0, 0.1) is 6.92 Å². The van der Waals surface area contributed by atoms with E-state index in [1.54, 1.807) is 22.4 Å². The molecule has 0 saturated carbocycles. The molecule has 3 aromatic carbocycles. The van der Waals surface area contributed by atoms with Crippen LogP contribution in [0.4, 0.5) is 0 Å². The number of ether oxygens (including phenoxy) is 3. The van der Waals surface area contributed by atoms with Gasteiger partial charge in [-0.2, -0.15) is 0 Å². The van der Waals surface area contributed by atoms with E-state index in [4.69, 9.17) is 25.8 Å². The third-order valence-electron chi connectivity index (χ3n) is 5.97. The lowest BCUT2D eigenvalue weighted by Gasteiger charge is -2.25. The minimum absolute atomic E-state index is 0.103. The Balaban J connectivity index is 1.43. The van der Waals surface area contributed by atoms with Crippen LogP contribution in [0.2, 0.25) is 5.02 Å². The molecule has 1 aliphatic rings. The van der Waals surface area contributed by atoms with Crippen LogP contribution >= 0.6 is 22.9 Å². The molecule has 5 rings (SSSR count). The molecule has 1 amide bonds. The first kappa shape index (κ1) is 25.1. The van der Waals surface area contributed by atoms with Crippen molar-refractivity contribution in [3.8, 4) is 17.2 Å². The van der Waals surface area contributed by atoms with Gasteiger partial charge in [0.05, 0.1) is 18.8 Å². The molecule has 2 heterocycles. The average molecular weight is 537 g/mol.